The van der Waals surface area contributed by atoms with Crippen LogP contribution in [0.2, 0.25) is 0 Å². The van der Waals surface area contributed by atoms with Crippen molar-refractivity contribution < 1.29 is 18.3 Å². The van der Waals surface area contributed by atoms with E-state index < -0.39 is 21.2 Å². The molecule has 9 heteroatoms. The molecule has 1 atom stereocenters. The van der Waals surface area contributed by atoms with Gasteiger partial charge in [-0.2, -0.15) is 0 Å². The van der Waals surface area contributed by atoms with E-state index in [0.717, 1.165) is 6.92 Å². The van der Waals surface area contributed by atoms with Crippen molar-refractivity contribution in [1.29, 1.82) is 0 Å². The number of rotatable bonds is 6. The second kappa shape index (κ2) is 5.23. The molecule has 96 valence electrons. The summed E-state index contributed by atoms with van der Waals surface area (Å²) in [5.41, 5.74) is 0. The Morgan fingerprint density at radius 1 is 1.65 bits per heavy atom. The highest BCUT2D eigenvalue weighted by Gasteiger charge is 2.27. The number of carboxylic acids is 1. The second-order valence-corrected chi connectivity index (χ2v) is 5.47. The minimum atomic E-state index is -3.89. The molecule has 0 saturated carbocycles. The SMILES string of the molecule is CCn1cnnc1CNS(=O)(=O)C(C)C(=O)O. The third-order valence-electron chi connectivity index (χ3n) is 2.28. The number of aromatic nitrogens is 3. The zero-order valence-electron chi connectivity index (χ0n) is 9.49. The van der Waals surface area contributed by atoms with Crippen molar-refractivity contribution in [3.63, 3.8) is 0 Å². The van der Waals surface area contributed by atoms with Crippen LogP contribution in [-0.2, 0) is 27.9 Å². The van der Waals surface area contributed by atoms with Gasteiger partial charge in [0.05, 0.1) is 6.54 Å². The number of sulfonamides is 1. The van der Waals surface area contributed by atoms with Gasteiger partial charge in [0.25, 0.3) is 0 Å². The average molecular weight is 262 g/mol. The van der Waals surface area contributed by atoms with Crippen LogP contribution in [-0.4, -0.2) is 39.5 Å². The van der Waals surface area contributed by atoms with Crippen LogP contribution in [0.25, 0.3) is 0 Å². The van der Waals surface area contributed by atoms with Crippen molar-refractivity contribution in [2.75, 3.05) is 0 Å². The zero-order valence-corrected chi connectivity index (χ0v) is 10.3. The highest BCUT2D eigenvalue weighted by molar-refractivity contribution is 7.90. The standard InChI is InChI=1S/C8H14N4O4S/c1-3-12-5-9-11-7(12)4-10-17(15,16)6(2)8(13)14/h5-6,10H,3-4H2,1-2H3,(H,13,14). The van der Waals surface area contributed by atoms with Gasteiger partial charge in [-0.05, 0) is 13.8 Å². The molecule has 1 unspecified atom stereocenters. The molecule has 2 N–H and O–H groups in total. The number of nitrogens with zero attached hydrogens (tertiary/aromatic N) is 3. The average Bonchev–Trinajstić information content (AvgIpc) is 2.72. The summed E-state index contributed by atoms with van der Waals surface area (Å²) in [6.07, 6.45) is 1.48. The molecule has 0 fully saturated rings. The van der Waals surface area contributed by atoms with Crippen LogP contribution in [0.5, 0.6) is 0 Å². The first-order valence-electron chi connectivity index (χ1n) is 4.96. The van der Waals surface area contributed by atoms with E-state index in [0.29, 0.717) is 12.4 Å². The van der Waals surface area contributed by atoms with Gasteiger partial charge < -0.3 is 9.67 Å². The van der Waals surface area contributed by atoms with Crippen LogP contribution in [0.15, 0.2) is 6.33 Å². The molecular formula is C8H14N4O4S. The van der Waals surface area contributed by atoms with Crippen molar-refractivity contribution in [3.8, 4) is 0 Å². The fourth-order valence-corrected chi connectivity index (χ4v) is 1.95. The first-order valence-corrected chi connectivity index (χ1v) is 6.51. The largest absolute Gasteiger partial charge is 0.480 e. The number of nitrogens with one attached hydrogen (secondary N) is 1. The van der Waals surface area contributed by atoms with Crippen LogP contribution >= 0.6 is 0 Å². The van der Waals surface area contributed by atoms with Gasteiger partial charge in [-0.3, -0.25) is 4.79 Å². The Morgan fingerprint density at radius 2 is 2.29 bits per heavy atom. The normalized spacial score (nSPS) is 13.5. The first-order chi connectivity index (χ1) is 7.88. The molecular weight excluding hydrogens is 248 g/mol. The van der Waals surface area contributed by atoms with E-state index in [9.17, 15) is 13.2 Å². The fourth-order valence-electron chi connectivity index (χ4n) is 1.10. The Balaban J connectivity index is 2.71. The van der Waals surface area contributed by atoms with Gasteiger partial charge >= 0.3 is 5.97 Å². The third kappa shape index (κ3) is 3.24. The quantitative estimate of drug-likeness (QED) is 0.693. The fraction of sp³-hybridized carbons (Fsp3) is 0.625. The summed E-state index contributed by atoms with van der Waals surface area (Å²) in [5, 5.41) is 14.5. The summed E-state index contributed by atoms with van der Waals surface area (Å²) >= 11 is 0. The van der Waals surface area contributed by atoms with Crippen LogP contribution in [0.4, 0.5) is 0 Å². The topological polar surface area (TPSA) is 114 Å². The smallest absolute Gasteiger partial charge is 0.323 e. The van der Waals surface area contributed by atoms with Gasteiger partial charge in [0.1, 0.15) is 12.2 Å². The van der Waals surface area contributed by atoms with Crippen LogP contribution < -0.4 is 4.72 Å². The minimum Gasteiger partial charge on any atom is -0.480 e. The maximum atomic E-state index is 11.5. The Hall–Kier alpha value is -1.48. The number of carboxylic acid groups (broad SMARTS) is 1. The Kier molecular flexibility index (Phi) is 4.18. The lowest BCUT2D eigenvalue weighted by Gasteiger charge is -2.09. The number of aryl methyl sites for hydroxylation is 1. The lowest BCUT2D eigenvalue weighted by atomic mass is 10.5. The molecule has 17 heavy (non-hydrogen) atoms. The lowest BCUT2D eigenvalue weighted by molar-refractivity contribution is -0.136. The molecule has 0 bridgehead atoms. The Morgan fingerprint density at radius 3 is 2.82 bits per heavy atom. The van der Waals surface area contributed by atoms with Gasteiger partial charge in [-0.25, -0.2) is 13.1 Å². The number of hydrogen-bond acceptors (Lipinski definition) is 5. The summed E-state index contributed by atoms with van der Waals surface area (Å²) in [7, 11) is -3.89. The van der Waals surface area contributed by atoms with Gasteiger partial charge in [0.2, 0.25) is 10.0 Å². The van der Waals surface area contributed by atoms with Crippen LogP contribution in [0.3, 0.4) is 0 Å². The van der Waals surface area contributed by atoms with Crippen molar-refractivity contribution in [1.82, 2.24) is 19.5 Å². The van der Waals surface area contributed by atoms with Crippen LogP contribution in [0.1, 0.15) is 19.7 Å². The summed E-state index contributed by atoms with van der Waals surface area (Å²) in [6, 6.07) is 0. The molecule has 0 saturated heterocycles. The molecule has 1 rings (SSSR count). The predicted molar refractivity (Wildman–Crippen MR) is 58.6 cm³/mol. The van der Waals surface area contributed by atoms with E-state index in [1.165, 1.54) is 6.33 Å². The van der Waals surface area contributed by atoms with E-state index >= 15 is 0 Å². The molecule has 0 radical (unpaired) electrons. The van der Waals surface area contributed by atoms with E-state index in [2.05, 4.69) is 14.9 Å². The van der Waals surface area contributed by atoms with E-state index in [1.807, 2.05) is 6.92 Å². The Labute approximate surface area is 98.7 Å². The van der Waals surface area contributed by atoms with Gasteiger partial charge in [-0.15, -0.1) is 10.2 Å². The van der Waals surface area contributed by atoms with Crippen molar-refractivity contribution in [2.45, 2.75) is 32.2 Å². The molecule has 0 amide bonds. The van der Waals surface area contributed by atoms with E-state index in [4.69, 9.17) is 5.11 Å². The van der Waals surface area contributed by atoms with E-state index in [-0.39, 0.29) is 6.54 Å². The molecule has 0 spiro atoms. The lowest BCUT2D eigenvalue weighted by Crippen LogP contribution is -2.37. The second-order valence-electron chi connectivity index (χ2n) is 3.38. The summed E-state index contributed by atoms with van der Waals surface area (Å²) in [5.74, 6) is -0.955. The van der Waals surface area contributed by atoms with Gasteiger partial charge in [-0.1, -0.05) is 0 Å². The summed E-state index contributed by atoms with van der Waals surface area (Å²) in [4.78, 5) is 10.6. The molecule has 0 aromatic carbocycles. The maximum Gasteiger partial charge on any atom is 0.323 e. The maximum absolute atomic E-state index is 11.5. The molecule has 0 aliphatic carbocycles. The minimum absolute atomic E-state index is 0.0756. The predicted octanol–water partition coefficient (Wildman–Crippen LogP) is -0.809. The van der Waals surface area contributed by atoms with Gasteiger partial charge in [0.15, 0.2) is 5.25 Å². The van der Waals surface area contributed by atoms with E-state index in [1.54, 1.807) is 4.57 Å². The number of hydrogen-bond donors (Lipinski definition) is 2. The molecule has 1 aromatic heterocycles. The summed E-state index contributed by atoms with van der Waals surface area (Å²) in [6.45, 7) is 3.50. The highest BCUT2D eigenvalue weighted by atomic mass is 32.2. The van der Waals surface area contributed by atoms with Crippen molar-refractivity contribution in [2.24, 2.45) is 0 Å². The molecule has 0 aliphatic rings. The third-order valence-corrected chi connectivity index (χ3v) is 3.96. The molecule has 1 heterocycles. The monoisotopic (exact) mass is 262 g/mol. The molecule has 8 nitrogen and oxygen atoms in total. The number of carbonyl (C=O) groups is 1. The summed E-state index contributed by atoms with van der Waals surface area (Å²) < 4.78 is 26.9. The first kappa shape index (κ1) is 13.6. The van der Waals surface area contributed by atoms with Gasteiger partial charge in [0, 0.05) is 6.54 Å². The molecule has 1 aromatic rings. The molecule has 0 aliphatic heterocycles. The van der Waals surface area contributed by atoms with Crippen molar-refractivity contribution in [3.05, 3.63) is 12.2 Å². The number of aliphatic carboxylic acids is 1. The highest BCUT2D eigenvalue weighted by Crippen LogP contribution is 2.01. The Bertz CT molecular complexity index is 495. The zero-order chi connectivity index (χ0) is 13.1. The van der Waals surface area contributed by atoms with Crippen LogP contribution in [0, 0.1) is 0 Å². The van der Waals surface area contributed by atoms with Crippen molar-refractivity contribution >= 4 is 16.0 Å².